The highest BCUT2D eigenvalue weighted by atomic mass is 28.3. The molecule has 0 bridgehead atoms. The minimum Gasteiger partial charge on any atom is -0.311 e. The fraction of sp³-hybridized carbons (Fsp3) is 0. The minimum atomic E-state index is -2.90. The molecule has 0 N–H and O–H groups in total. The van der Waals surface area contributed by atoms with E-state index in [1.54, 1.807) is 0 Å². The number of nitrogens with zero attached hydrogens (tertiary/aromatic N) is 3. The lowest BCUT2D eigenvalue weighted by atomic mass is 9.33. The highest BCUT2D eigenvalue weighted by Crippen LogP contribution is 2.49. The Labute approximate surface area is 565 Å². The molecule has 2 aliphatic heterocycles. The van der Waals surface area contributed by atoms with Gasteiger partial charge in [0.25, 0.3) is 6.71 Å². The van der Waals surface area contributed by atoms with Crippen molar-refractivity contribution in [1.29, 1.82) is 0 Å². The Balaban J connectivity index is 0.925. The van der Waals surface area contributed by atoms with Crippen LogP contribution in [-0.4, -0.2) is 22.9 Å². The summed E-state index contributed by atoms with van der Waals surface area (Å²) >= 11 is 0. The maximum Gasteiger partial charge on any atom is 0.252 e. The van der Waals surface area contributed by atoms with Gasteiger partial charge in [-0.3, -0.25) is 0 Å². The zero-order valence-electron chi connectivity index (χ0n) is 53.0. The molecule has 96 heavy (non-hydrogen) atoms. The molecule has 0 atom stereocenters. The summed E-state index contributed by atoms with van der Waals surface area (Å²) in [7, 11) is -5.78. The third-order valence-corrected chi connectivity index (χ3v) is 29.4. The number of hydrogen-bond acceptors (Lipinski definition) is 3. The molecule has 0 spiro atoms. The van der Waals surface area contributed by atoms with E-state index in [1.807, 2.05) is 0 Å². The van der Waals surface area contributed by atoms with Crippen molar-refractivity contribution in [3.63, 3.8) is 0 Å². The quantitative estimate of drug-likeness (QED) is 0.0748. The number of fused-ring (bicyclic) bond motifs is 4. The Hall–Kier alpha value is -11.8. The number of benzene rings is 15. The molecule has 0 aromatic heterocycles. The van der Waals surface area contributed by atoms with Gasteiger partial charge in [-0.15, -0.1) is 0 Å². The highest BCUT2D eigenvalue weighted by molar-refractivity contribution is 7.20. The van der Waals surface area contributed by atoms with Gasteiger partial charge in [0.2, 0.25) is 0 Å². The monoisotopic (exact) mass is 1260 g/mol. The van der Waals surface area contributed by atoms with Gasteiger partial charge in [-0.2, -0.15) is 0 Å². The summed E-state index contributed by atoms with van der Waals surface area (Å²) in [5.74, 6) is 0. The standard InChI is InChI=1S/C90H66BN3Si2/c1-10-36-71(37-11-1)92(72-38-12-2-13-39-72)75-65-88-90-89(66-75)94(74-42-30-33-67(61-74)68-34-31-55-82(62-68)95(76-43-16-4-17-44-76,77-45-18-5-19-46-77)78-47-20-6-21-48-78)87-64-70(59-60-85(87)91(90)84-57-28-29-58-86(84)93(88)73-40-14-3-15-41-73)69-35-32-56-83(63-69)96(79-49-22-7-23-50-79,80-51-24-8-25-52-80)81-53-26-9-27-54-81/h1-66H. The molecule has 452 valence electrons. The Kier molecular flexibility index (Phi) is 15.1. The molecule has 15 aromatic rings. The molecule has 0 fully saturated rings. The highest BCUT2D eigenvalue weighted by Gasteiger charge is 2.46. The van der Waals surface area contributed by atoms with Crippen molar-refractivity contribution in [2.24, 2.45) is 0 Å². The molecule has 0 aliphatic carbocycles. The first-order valence-electron chi connectivity index (χ1n) is 33.3. The van der Waals surface area contributed by atoms with E-state index >= 15 is 0 Å². The summed E-state index contributed by atoms with van der Waals surface area (Å²) in [4.78, 5) is 7.55. The van der Waals surface area contributed by atoms with Gasteiger partial charge >= 0.3 is 0 Å². The largest absolute Gasteiger partial charge is 0.311 e. The molecule has 15 aromatic carbocycles. The van der Waals surface area contributed by atoms with E-state index in [9.17, 15) is 0 Å². The van der Waals surface area contributed by atoms with Crippen molar-refractivity contribution in [3.05, 3.63) is 400 Å². The fourth-order valence-corrected chi connectivity index (χ4v) is 25.4. The Morgan fingerprint density at radius 1 is 0.208 bits per heavy atom. The van der Waals surface area contributed by atoms with Crippen LogP contribution in [0.4, 0.5) is 51.2 Å². The van der Waals surface area contributed by atoms with Crippen molar-refractivity contribution in [2.45, 2.75) is 0 Å². The zero-order valence-corrected chi connectivity index (χ0v) is 55.0. The Bertz CT molecular complexity index is 5010. The lowest BCUT2D eigenvalue weighted by Gasteiger charge is -2.45. The number of para-hydroxylation sites is 4. The summed E-state index contributed by atoms with van der Waals surface area (Å²) in [5.41, 5.74) is 18.3. The molecule has 3 nitrogen and oxygen atoms in total. The predicted octanol–water partition coefficient (Wildman–Crippen LogP) is 15.3. The molecule has 0 unspecified atom stereocenters. The van der Waals surface area contributed by atoms with Gasteiger partial charge < -0.3 is 14.7 Å². The van der Waals surface area contributed by atoms with Gasteiger partial charge in [-0.1, -0.05) is 328 Å². The van der Waals surface area contributed by atoms with Crippen molar-refractivity contribution in [1.82, 2.24) is 0 Å². The van der Waals surface area contributed by atoms with E-state index in [0.29, 0.717) is 0 Å². The van der Waals surface area contributed by atoms with Gasteiger partial charge in [-0.25, -0.2) is 0 Å². The predicted molar refractivity (Wildman–Crippen MR) is 413 cm³/mol. The molecular weight excluding hydrogens is 1190 g/mol. The normalized spacial score (nSPS) is 12.3. The second kappa shape index (κ2) is 24.9. The summed E-state index contributed by atoms with van der Waals surface area (Å²) in [6.45, 7) is -0.116. The van der Waals surface area contributed by atoms with E-state index in [4.69, 9.17) is 0 Å². The van der Waals surface area contributed by atoms with Crippen molar-refractivity contribution >= 4 is 132 Å². The van der Waals surface area contributed by atoms with Gasteiger partial charge in [0, 0.05) is 45.5 Å². The van der Waals surface area contributed by atoms with E-state index in [1.165, 1.54) is 69.1 Å². The third kappa shape index (κ3) is 9.88. The van der Waals surface area contributed by atoms with E-state index in [0.717, 1.165) is 62.2 Å². The van der Waals surface area contributed by atoms with Crippen LogP contribution in [0.5, 0.6) is 0 Å². The molecule has 0 radical (unpaired) electrons. The Morgan fingerprint density at radius 3 is 0.969 bits per heavy atom. The van der Waals surface area contributed by atoms with Crippen LogP contribution in [0.1, 0.15) is 0 Å². The van der Waals surface area contributed by atoms with Crippen LogP contribution in [0, 0.1) is 0 Å². The molecule has 6 heteroatoms. The van der Waals surface area contributed by atoms with Crippen LogP contribution >= 0.6 is 0 Å². The molecular formula is C90H66BN3Si2. The lowest BCUT2D eigenvalue weighted by Crippen LogP contribution is -2.74. The second-order valence-electron chi connectivity index (χ2n) is 25.1. The molecule has 2 heterocycles. The van der Waals surface area contributed by atoms with E-state index in [-0.39, 0.29) is 6.71 Å². The fourth-order valence-electron chi connectivity index (χ4n) is 15.8. The average molecular weight is 1260 g/mol. The van der Waals surface area contributed by atoms with Gasteiger partial charge in [0.1, 0.15) is 0 Å². The molecule has 0 saturated carbocycles. The summed E-state index contributed by atoms with van der Waals surface area (Å²) in [6, 6.07) is 150. The van der Waals surface area contributed by atoms with Crippen LogP contribution in [0.15, 0.2) is 400 Å². The van der Waals surface area contributed by atoms with E-state index < -0.39 is 16.1 Å². The SMILES string of the molecule is c1ccc(N(c2ccccc2)c2cc3c4c(c2)N(c2cccc(-c5cccc([Si](c6ccccc6)(c6ccccc6)c6ccccc6)c5)c2)c2cc(-c5cccc([Si](c6ccccc6)(c6ccccc6)c6ccccc6)c5)ccc2B4c2ccccc2N3c2ccccc2)cc1. The topological polar surface area (TPSA) is 9.72 Å². The van der Waals surface area contributed by atoms with Crippen LogP contribution in [0.25, 0.3) is 22.3 Å². The van der Waals surface area contributed by atoms with Crippen LogP contribution < -0.4 is 72.6 Å². The smallest absolute Gasteiger partial charge is 0.252 e. The van der Waals surface area contributed by atoms with Gasteiger partial charge in [-0.05, 0) is 153 Å². The van der Waals surface area contributed by atoms with Crippen LogP contribution in [0.2, 0.25) is 0 Å². The maximum atomic E-state index is 2.61. The van der Waals surface area contributed by atoms with Gasteiger partial charge in [0.15, 0.2) is 16.1 Å². The van der Waals surface area contributed by atoms with Crippen LogP contribution in [-0.2, 0) is 0 Å². The Morgan fingerprint density at radius 2 is 0.531 bits per heavy atom. The summed E-state index contributed by atoms with van der Waals surface area (Å²) in [6.07, 6.45) is 0. The minimum absolute atomic E-state index is 0.116. The van der Waals surface area contributed by atoms with Gasteiger partial charge in [0.05, 0.1) is 5.69 Å². The van der Waals surface area contributed by atoms with Crippen molar-refractivity contribution < 1.29 is 0 Å². The molecule has 0 saturated heterocycles. The van der Waals surface area contributed by atoms with Crippen LogP contribution in [0.3, 0.4) is 0 Å². The molecule has 17 rings (SSSR count). The number of rotatable bonds is 15. The first-order valence-corrected chi connectivity index (χ1v) is 37.3. The third-order valence-electron chi connectivity index (χ3n) is 19.9. The van der Waals surface area contributed by atoms with Crippen molar-refractivity contribution in [3.8, 4) is 22.3 Å². The lowest BCUT2D eigenvalue weighted by molar-refractivity contribution is 1.23. The average Bonchev–Trinajstić information content (AvgIpc) is 0.630. The van der Waals surface area contributed by atoms with E-state index in [2.05, 4.69) is 415 Å². The second-order valence-corrected chi connectivity index (χ2v) is 32.7. The maximum absolute atomic E-state index is 2.90. The first-order chi connectivity index (χ1) is 47.6. The number of anilines is 9. The summed E-state index contributed by atoms with van der Waals surface area (Å²) in [5, 5.41) is 10.7. The first kappa shape index (κ1) is 58.1. The molecule has 0 amide bonds. The number of hydrogen-bond donors (Lipinski definition) is 0. The molecule has 2 aliphatic rings. The summed E-state index contributed by atoms with van der Waals surface area (Å²) < 4.78 is 0. The van der Waals surface area contributed by atoms with Crippen molar-refractivity contribution in [2.75, 3.05) is 14.7 Å². The zero-order chi connectivity index (χ0) is 63.8.